The highest BCUT2D eigenvalue weighted by atomic mass is 16.2. The number of fused-ring (bicyclic) bond motifs is 5. The Hall–Kier alpha value is -2.88. The SMILES string of the molecule is CN1C(=O)C=C[C@]2(C)[C@H]3CC[C@]4(C)[C@@H](C(=O)N[C@H](Cc5ccccc5)c5ccccc5)CC[C@H]4[C@@H]3CC[C@@H]12. The van der Waals surface area contributed by atoms with E-state index >= 15 is 0 Å². The molecule has 4 aliphatic rings. The molecule has 3 aliphatic carbocycles. The fourth-order valence-corrected chi connectivity index (χ4v) is 9.23. The first-order valence-electron chi connectivity index (χ1n) is 14.7. The van der Waals surface area contributed by atoms with E-state index in [1.807, 2.05) is 30.2 Å². The van der Waals surface area contributed by atoms with Crippen molar-refractivity contribution in [1.29, 1.82) is 0 Å². The Labute approximate surface area is 227 Å². The molecule has 4 heteroatoms. The van der Waals surface area contributed by atoms with Crippen molar-refractivity contribution in [3.63, 3.8) is 0 Å². The highest BCUT2D eigenvalue weighted by Crippen LogP contribution is 2.65. The number of benzene rings is 2. The molecule has 2 aromatic carbocycles. The van der Waals surface area contributed by atoms with E-state index in [2.05, 4.69) is 73.8 Å². The monoisotopic (exact) mass is 510 g/mol. The highest BCUT2D eigenvalue weighted by molar-refractivity contribution is 5.89. The average Bonchev–Trinajstić information content (AvgIpc) is 3.29. The summed E-state index contributed by atoms with van der Waals surface area (Å²) in [6, 6.07) is 21.2. The van der Waals surface area contributed by atoms with Crippen LogP contribution in [0.25, 0.3) is 0 Å². The number of carbonyl (C=O) groups excluding carboxylic acids is 2. The predicted octanol–water partition coefficient (Wildman–Crippen LogP) is 6.34. The Morgan fingerprint density at radius 1 is 0.947 bits per heavy atom. The second kappa shape index (κ2) is 9.70. The van der Waals surface area contributed by atoms with Crippen LogP contribution in [0.15, 0.2) is 72.8 Å². The maximum Gasteiger partial charge on any atom is 0.246 e. The zero-order valence-corrected chi connectivity index (χ0v) is 23.1. The van der Waals surface area contributed by atoms with Crippen molar-refractivity contribution >= 4 is 11.8 Å². The molecule has 1 heterocycles. The minimum absolute atomic E-state index is 0.0279. The molecule has 0 unspecified atom stereocenters. The van der Waals surface area contributed by atoms with Crippen LogP contribution in [0.2, 0.25) is 0 Å². The van der Waals surface area contributed by atoms with Crippen molar-refractivity contribution in [2.24, 2.45) is 34.5 Å². The molecule has 0 bridgehead atoms. The lowest BCUT2D eigenvalue weighted by atomic mass is 9.47. The smallest absolute Gasteiger partial charge is 0.246 e. The van der Waals surface area contributed by atoms with Gasteiger partial charge in [0, 0.05) is 24.4 Å². The molecular weight excluding hydrogens is 468 g/mol. The van der Waals surface area contributed by atoms with E-state index in [0.717, 1.165) is 38.5 Å². The van der Waals surface area contributed by atoms with Crippen LogP contribution in [0, 0.1) is 34.5 Å². The number of rotatable bonds is 5. The molecule has 3 saturated carbocycles. The van der Waals surface area contributed by atoms with Crippen LogP contribution in [-0.2, 0) is 16.0 Å². The molecule has 8 atom stereocenters. The standard InChI is InChI=1S/C34H42N2O2/c1-33-20-18-27-25(14-17-30-34(27,2)21-19-31(37)36(30)3)26(33)15-16-28(33)32(38)35-29(24-12-8-5-9-13-24)22-23-10-6-4-7-11-23/h4-13,19,21,25-30H,14-18,20,22H2,1-3H3,(H,35,38)/t25-,26-,27-,28+,29+,30+,33-,34+/m0/s1. The van der Waals surface area contributed by atoms with E-state index in [1.54, 1.807) is 0 Å². The maximum absolute atomic E-state index is 14.0. The molecule has 200 valence electrons. The van der Waals surface area contributed by atoms with Gasteiger partial charge in [0.25, 0.3) is 0 Å². The third-order valence-corrected chi connectivity index (χ3v) is 11.2. The van der Waals surface area contributed by atoms with Crippen LogP contribution >= 0.6 is 0 Å². The van der Waals surface area contributed by atoms with Crippen molar-refractivity contribution in [2.75, 3.05) is 7.05 Å². The summed E-state index contributed by atoms with van der Waals surface area (Å²) in [5, 5.41) is 3.52. The van der Waals surface area contributed by atoms with Gasteiger partial charge in [-0.3, -0.25) is 9.59 Å². The molecule has 3 fully saturated rings. The third kappa shape index (κ3) is 4.12. The number of hydrogen-bond donors (Lipinski definition) is 1. The van der Waals surface area contributed by atoms with E-state index < -0.39 is 0 Å². The van der Waals surface area contributed by atoms with Gasteiger partial charge in [-0.25, -0.2) is 0 Å². The zero-order valence-electron chi connectivity index (χ0n) is 23.1. The summed E-state index contributed by atoms with van der Waals surface area (Å²) in [5.41, 5.74) is 2.50. The first-order chi connectivity index (χ1) is 18.3. The fourth-order valence-electron chi connectivity index (χ4n) is 9.23. The average molecular weight is 511 g/mol. The van der Waals surface area contributed by atoms with Gasteiger partial charge in [0.15, 0.2) is 0 Å². The van der Waals surface area contributed by atoms with Gasteiger partial charge in [-0.05, 0) is 85.3 Å². The first-order valence-corrected chi connectivity index (χ1v) is 14.7. The van der Waals surface area contributed by atoms with Gasteiger partial charge in [0.1, 0.15) is 0 Å². The Kier molecular flexibility index (Phi) is 6.48. The van der Waals surface area contributed by atoms with E-state index in [4.69, 9.17) is 0 Å². The number of carbonyl (C=O) groups is 2. The number of nitrogens with one attached hydrogen (secondary N) is 1. The maximum atomic E-state index is 14.0. The van der Waals surface area contributed by atoms with Gasteiger partial charge in [-0.15, -0.1) is 0 Å². The van der Waals surface area contributed by atoms with Gasteiger partial charge in [0.05, 0.1) is 6.04 Å². The Balaban J connectivity index is 1.22. The predicted molar refractivity (Wildman–Crippen MR) is 151 cm³/mol. The number of amides is 2. The van der Waals surface area contributed by atoms with Gasteiger partial charge in [-0.1, -0.05) is 80.6 Å². The number of hydrogen-bond acceptors (Lipinski definition) is 2. The minimum Gasteiger partial charge on any atom is -0.349 e. The topological polar surface area (TPSA) is 49.4 Å². The van der Waals surface area contributed by atoms with Crippen LogP contribution in [0.1, 0.15) is 69.5 Å². The van der Waals surface area contributed by atoms with Crippen LogP contribution < -0.4 is 5.32 Å². The second-order valence-electron chi connectivity index (χ2n) is 13.0. The van der Waals surface area contributed by atoms with E-state index in [-0.39, 0.29) is 34.6 Å². The molecule has 0 spiro atoms. The lowest BCUT2D eigenvalue weighted by Crippen LogP contribution is -2.60. The molecular formula is C34H42N2O2. The summed E-state index contributed by atoms with van der Waals surface area (Å²) < 4.78 is 0. The van der Waals surface area contributed by atoms with Crippen LogP contribution in [0.3, 0.4) is 0 Å². The van der Waals surface area contributed by atoms with Crippen LogP contribution in [0.5, 0.6) is 0 Å². The summed E-state index contributed by atoms with van der Waals surface area (Å²) in [6.45, 7) is 4.81. The molecule has 2 aromatic rings. The molecule has 1 aliphatic heterocycles. The summed E-state index contributed by atoms with van der Waals surface area (Å²) in [6.07, 6.45) is 11.5. The molecule has 6 rings (SSSR count). The van der Waals surface area contributed by atoms with Gasteiger partial charge < -0.3 is 10.2 Å². The van der Waals surface area contributed by atoms with Crippen molar-refractivity contribution < 1.29 is 9.59 Å². The van der Waals surface area contributed by atoms with Crippen molar-refractivity contribution in [3.8, 4) is 0 Å². The Bertz CT molecular complexity index is 1210. The summed E-state index contributed by atoms with van der Waals surface area (Å²) in [7, 11) is 1.98. The second-order valence-corrected chi connectivity index (χ2v) is 13.0. The van der Waals surface area contributed by atoms with Gasteiger partial charge in [-0.2, -0.15) is 0 Å². The lowest BCUT2D eigenvalue weighted by Gasteiger charge is -2.60. The minimum atomic E-state index is -0.0279. The van der Waals surface area contributed by atoms with Gasteiger partial charge in [0.2, 0.25) is 11.8 Å². The van der Waals surface area contributed by atoms with Crippen molar-refractivity contribution in [2.45, 2.75) is 70.9 Å². The molecule has 2 amide bonds. The molecule has 0 saturated heterocycles. The van der Waals surface area contributed by atoms with Crippen molar-refractivity contribution in [1.82, 2.24) is 10.2 Å². The molecule has 4 nitrogen and oxygen atoms in total. The molecule has 38 heavy (non-hydrogen) atoms. The Morgan fingerprint density at radius 2 is 1.66 bits per heavy atom. The van der Waals surface area contributed by atoms with E-state index in [9.17, 15) is 9.59 Å². The quantitative estimate of drug-likeness (QED) is 0.510. The third-order valence-electron chi connectivity index (χ3n) is 11.2. The van der Waals surface area contributed by atoms with Crippen LogP contribution in [0.4, 0.5) is 0 Å². The fraction of sp³-hybridized carbons (Fsp3) is 0.529. The highest BCUT2D eigenvalue weighted by Gasteiger charge is 2.61. The largest absolute Gasteiger partial charge is 0.349 e. The Morgan fingerprint density at radius 3 is 2.39 bits per heavy atom. The number of likely N-dealkylation sites (N-methyl/N-ethyl adjacent to an activating group) is 1. The van der Waals surface area contributed by atoms with Crippen molar-refractivity contribution in [3.05, 3.63) is 83.9 Å². The summed E-state index contributed by atoms with van der Waals surface area (Å²) in [4.78, 5) is 28.4. The van der Waals surface area contributed by atoms with E-state index in [1.165, 1.54) is 17.5 Å². The number of nitrogens with zero attached hydrogens (tertiary/aromatic N) is 1. The summed E-state index contributed by atoms with van der Waals surface area (Å²) in [5.74, 6) is 2.24. The molecule has 0 radical (unpaired) electrons. The lowest BCUT2D eigenvalue weighted by molar-refractivity contribution is -0.142. The summed E-state index contributed by atoms with van der Waals surface area (Å²) >= 11 is 0. The normalized spacial score (nSPS) is 36.7. The van der Waals surface area contributed by atoms with E-state index in [0.29, 0.717) is 23.8 Å². The van der Waals surface area contributed by atoms with Crippen LogP contribution in [-0.4, -0.2) is 29.8 Å². The molecule has 1 N–H and O–H groups in total. The zero-order chi connectivity index (χ0) is 26.5. The first kappa shape index (κ1) is 25.4. The van der Waals surface area contributed by atoms with Gasteiger partial charge >= 0.3 is 0 Å². The molecule has 0 aromatic heterocycles.